The molecule has 1 aromatic carbocycles. The van der Waals surface area contributed by atoms with E-state index in [1.54, 1.807) is 6.92 Å². The lowest BCUT2D eigenvalue weighted by molar-refractivity contribution is 0.0696. The Balaban J connectivity index is 2.56. The fourth-order valence-corrected chi connectivity index (χ4v) is 1.23. The molecule has 1 rings (SSSR count). The van der Waals surface area contributed by atoms with Gasteiger partial charge in [-0.05, 0) is 31.2 Å². The van der Waals surface area contributed by atoms with Crippen LogP contribution in [0.1, 0.15) is 34.1 Å². The van der Waals surface area contributed by atoms with Crippen LogP contribution in [-0.2, 0) is 0 Å². The zero-order chi connectivity index (χ0) is 12.7. The molecule has 0 atom stereocenters. The van der Waals surface area contributed by atoms with Crippen LogP contribution in [0.15, 0.2) is 24.3 Å². The molecule has 88 valence electrons. The summed E-state index contributed by atoms with van der Waals surface area (Å²) in [6.07, 6.45) is 0.607. The summed E-state index contributed by atoms with van der Waals surface area (Å²) in [6, 6.07) is 5.79. The van der Waals surface area contributed by atoms with Crippen molar-refractivity contribution in [2.45, 2.75) is 13.3 Å². The smallest absolute Gasteiger partial charge is 0.335 e. The van der Waals surface area contributed by atoms with Crippen molar-refractivity contribution in [2.75, 3.05) is 6.54 Å². The van der Waals surface area contributed by atoms with Gasteiger partial charge in [-0.25, -0.2) is 4.79 Å². The molecule has 4 nitrogen and oxygen atoms in total. The van der Waals surface area contributed by atoms with Crippen LogP contribution in [0.3, 0.4) is 0 Å². The molecule has 0 aliphatic carbocycles. The average Bonchev–Trinajstić information content (AvgIpc) is 2.34. The monoisotopic (exact) mass is 231 g/mol. The lowest BCUT2D eigenvalue weighted by Gasteiger charge is -2.03. The number of hydrogen-bond donors (Lipinski definition) is 2. The molecule has 0 aliphatic heterocycles. The molecule has 0 saturated heterocycles. The third-order valence-electron chi connectivity index (χ3n) is 2.11. The fraction of sp³-hybridized carbons (Fsp3) is 0.231. The van der Waals surface area contributed by atoms with Crippen LogP contribution in [-0.4, -0.2) is 23.5 Å². The Hall–Kier alpha value is -2.28. The number of carbonyl (C=O) groups is 2. The lowest BCUT2D eigenvalue weighted by Crippen LogP contribution is -2.24. The quantitative estimate of drug-likeness (QED) is 0.610. The van der Waals surface area contributed by atoms with Crippen molar-refractivity contribution >= 4 is 11.9 Å². The first-order chi connectivity index (χ1) is 8.15. The summed E-state index contributed by atoms with van der Waals surface area (Å²) in [6.45, 7) is 2.23. The molecule has 4 heteroatoms. The van der Waals surface area contributed by atoms with E-state index in [4.69, 9.17) is 5.11 Å². The topological polar surface area (TPSA) is 66.4 Å². The van der Waals surface area contributed by atoms with Gasteiger partial charge in [0.05, 0.1) is 5.56 Å². The van der Waals surface area contributed by atoms with E-state index in [0.29, 0.717) is 18.5 Å². The maximum Gasteiger partial charge on any atom is 0.335 e. The van der Waals surface area contributed by atoms with Crippen molar-refractivity contribution in [1.82, 2.24) is 5.32 Å². The molecule has 0 spiro atoms. The van der Waals surface area contributed by atoms with E-state index in [2.05, 4.69) is 17.2 Å². The van der Waals surface area contributed by atoms with Gasteiger partial charge in [0.2, 0.25) is 0 Å². The van der Waals surface area contributed by atoms with E-state index in [1.807, 2.05) is 0 Å². The third kappa shape index (κ3) is 3.99. The second-order valence-corrected chi connectivity index (χ2v) is 3.32. The van der Waals surface area contributed by atoms with Crippen molar-refractivity contribution in [2.24, 2.45) is 0 Å². The molecule has 1 aromatic rings. The highest BCUT2D eigenvalue weighted by molar-refractivity contribution is 5.95. The summed E-state index contributed by atoms with van der Waals surface area (Å²) < 4.78 is 0. The van der Waals surface area contributed by atoms with Crippen molar-refractivity contribution in [3.8, 4) is 11.8 Å². The number of carboxylic acid groups (broad SMARTS) is 1. The second kappa shape index (κ2) is 6.33. The summed E-state index contributed by atoms with van der Waals surface area (Å²) in [4.78, 5) is 22.2. The van der Waals surface area contributed by atoms with Gasteiger partial charge in [-0.3, -0.25) is 4.79 Å². The van der Waals surface area contributed by atoms with E-state index in [0.717, 1.165) is 0 Å². The van der Waals surface area contributed by atoms with Crippen LogP contribution in [0.4, 0.5) is 0 Å². The Morgan fingerprint density at radius 1 is 1.24 bits per heavy atom. The predicted octanol–water partition coefficient (Wildman–Crippen LogP) is 1.53. The number of hydrogen-bond acceptors (Lipinski definition) is 2. The zero-order valence-electron chi connectivity index (χ0n) is 9.49. The van der Waals surface area contributed by atoms with Gasteiger partial charge in [-0.1, -0.05) is 0 Å². The highest BCUT2D eigenvalue weighted by Gasteiger charge is 2.06. The largest absolute Gasteiger partial charge is 0.478 e. The van der Waals surface area contributed by atoms with Gasteiger partial charge in [-0.15, -0.1) is 11.8 Å². The number of nitrogens with one attached hydrogen (secondary N) is 1. The molecule has 1 amide bonds. The number of rotatable bonds is 4. The Morgan fingerprint density at radius 3 is 2.35 bits per heavy atom. The maximum atomic E-state index is 11.6. The van der Waals surface area contributed by atoms with Crippen LogP contribution in [0.5, 0.6) is 0 Å². The third-order valence-corrected chi connectivity index (χ3v) is 2.11. The van der Waals surface area contributed by atoms with E-state index < -0.39 is 5.97 Å². The van der Waals surface area contributed by atoms with E-state index >= 15 is 0 Å². The molecule has 0 unspecified atom stereocenters. The summed E-state index contributed by atoms with van der Waals surface area (Å²) in [5.74, 6) is 4.34. The van der Waals surface area contributed by atoms with Gasteiger partial charge in [0, 0.05) is 18.5 Å². The predicted molar refractivity (Wildman–Crippen MR) is 63.8 cm³/mol. The lowest BCUT2D eigenvalue weighted by atomic mass is 10.1. The highest BCUT2D eigenvalue weighted by Crippen LogP contribution is 2.04. The van der Waals surface area contributed by atoms with Crippen LogP contribution < -0.4 is 5.32 Å². The molecule has 0 saturated carbocycles. The molecular formula is C13H13NO3. The SMILES string of the molecule is CC#CCCNC(=O)c1ccc(C(=O)O)cc1. The van der Waals surface area contributed by atoms with Crippen molar-refractivity contribution < 1.29 is 14.7 Å². The van der Waals surface area contributed by atoms with Gasteiger partial charge < -0.3 is 10.4 Å². The molecule has 2 N–H and O–H groups in total. The van der Waals surface area contributed by atoms with Crippen LogP contribution >= 0.6 is 0 Å². The Bertz CT molecular complexity index is 466. The van der Waals surface area contributed by atoms with Crippen LogP contribution in [0.2, 0.25) is 0 Å². The first-order valence-corrected chi connectivity index (χ1v) is 5.16. The fourth-order valence-electron chi connectivity index (χ4n) is 1.23. The van der Waals surface area contributed by atoms with Gasteiger partial charge >= 0.3 is 5.97 Å². The standard InChI is InChI=1S/C13H13NO3/c1-2-3-4-9-14-12(15)10-5-7-11(8-6-10)13(16)17/h5-8H,4,9H2,1H3,(H,14,15)(H,16,17). The number of carbonyl (C=O) groups excluding carboxylic acids is 1. The van der Waals surface area contributed by atoms with E-state index in [-0.39, 0.29) is 11.5 Å². The summed E-state index contributed by atoms with van der Waals surface area (Å²) >= 11 is 0. The van der Waals surface area contributed by atoms with Gasteiger partial charge in [0.1, 0.15) is 0 Å². The molecule has 0 bridgehead atoms. The van der Waals surface area contributed by atoms with Crippen LogP contribution in [0.25, 0.3) is 0 Å². The molecule has 0 aromatic heterocycles. The first-order valence-electron chi connectivity index (χ1n) is 5.16. The van der Waals surface area contributed by atoms with Gasteiger partial charge in [-0.2, -0.15) is 0 Å². The molecule has 0 heterocycles. The minimum atomic E-state index is -1.00. The van der Waals surface area contributed by atoms with E-state index in [1.165, 1.54) is 24.3 Å². The van der Waals surface area contributed by atoms with Gasteiger partial charge in [0.25, 0.3) is 5.91 Å². The molecular weight excluding hydrogens is 218 g/mol. The Labute approximate surface area is 99.7 Å². The Morgan fingerprint density at radius 2 is 1.82 bits per heavy atom. The summed E-state index contributed by atoms with van der Waals surface area (Å²) in [5.41, 5.74) is 0.609. The van der Waals surface area contributed by atoms with Crippen LogP contribution in [0, 0.1) is 11.8 Å². The molecule has 0 fully saturated rings. The number of benzene rings is 1. The number of carboxylic acids is 1. The summed E-state index contributed by atoms with van der Waals surface area (Å²) in [5, 5.41) is 11.4. The highest BCUT2D eigenvalue weighted by atomic mass is 16.4. The van der Waals surface area contributed by atoms with Crippen molar-refractivity contribution in [1.29, 1.82) is 0 Å². The van der Waals surface area contributed by atoms with Crippen molar-refractivity contribution in [3.63, 3.8) is 0 Å². The molecule has 0 radical (unpaired) electrons. The summed E-state index contributed by atoms with van der Waals surface area (Å²) in [7, 11) is 0. The van der Waals surface area contributed by atoms with Crippen molar-refractivity contribution in [3.05, 3.63) is 35.4 Å². The average molecular weight is 231 g/mol. The molecule has 0 aliphatic rings. The Kier molecular flexibility index (Phi) is 4.77. The first kappa shape index (κ1) is 12.8. The van der Waals surface area contributed by atoms with Gasteiger partial charge in [0.15, 0.2) is 0 Å². The number of amides is 1. The molecule has 17 heavy (non-hydrogen) atoms. The maximum absolute atomic E-state index is 11.6. The zero-order valence-corrected chi connectivity index (χ0v) is 9.49. The minimum Gasteiger partial charge on any atom is -0.478 e. The normalized spacial score (nSPS) is 9.00. The van der Waals surface area contributed by atoms with E-state index in [9.17, 15) is 9.59 Å². The second-order valence-electron chi connectivity index (χ2n) is 3.32. The minimum absolute atomic E-state index is 0.165. The number of aromatic carboxylic acids is 1.